The Labute approximate surface area is 93.2 Å². The first-order valence-electron chi connectivity index (χ1n) is 5.17. The van der Waals surface area contributed by atoms with Crippen LogP contribution in [0.25, 0.3) is 0 Å². The van der Waals surface area contributed by atoms with Crippen LogP contribution in [0.2, 0.25) is 0 Å². The normalized spacial score (nSPS) is 28.7. The van der Waals surface area contributed by atoms with Crippen LogP contribution in [0.3, 0.4) is 0 Å². The Kier molecular flexibility index (Phi) is 2.09. The number of fused-ring (bicyclic) bond motifs is 1. The molecule has 0 aromatic carbocycles. The second-order valence-electron chi connectivity index (χ2n) is 3.85. The summed E-state index contributed by atoms with van der Waals surface area (Å²) in [4.78, 5) is 4.47. The number of allylic oxidation sites excluding steroid dienone is 3. The maximum atomic E-state index is 5.93. The van der Waals surface area contributed by atoms with E-state index in [0.717, 1.165) is 40.9 Å². The number of hydrogen-bond donors (Lipinski definition) is 2. The van der Waals surface area contributed by atoms with Crippen LogP contribution in [0.15, 0.2) is 40.3 Å². The second kappa shape index (κ2) is 3.45. The third-order valence-corrected chi connectivity index (χ3v) is 3.83. The van der Waals surface area contributed by atoms with Crippen molar-refractivity contribution in [3.8, 4) is 0 Å². The highest BCUT2D eigenvalue weighted by molar-refractivity contribution is 8.14. The fourth-order valence-corrected chi connectivity index (χ4v) is 2.92. The van der Waals surface area contributed by atoms with Crippen molar-refractivity contribution in [2.75, 3.05) is 12.3 Å². The van der Waals surface area contributed by atoms with Crippen LogP contribution in [0.5, 0.6) is 0 Å². The molecule has 2 heterocycles. The van der Waals surface area contributed by atoms with Gasteiger partial charge in [0, 0.05) is 23.9 Å². The Bertz CT molecular complexity index is 418. The fraction of sp³-hybridized carbons (Fsp3) is 0.364. The van der Waals surface area contributed by atoms with Crippen LogP contribution in [-0.2, 0) is 0 Å². The maximum absolute atomic E-state index is 5.93. The number of hydrogen-bond acceptors (Lipinski definition) is 4. The van der Waals surface area contributed by atoms with Gasteiger partial charge >= 0.3 is 0 Å². The minimum atomic E-state index is 0.439. The van der Waals surface area contributed by atoms with E-state index in [-0.39, 0.29) is 0 Å². The van der Waals surface area contributed by atoms with E-state index in [0.29, 0.717) is 5.92 Å². The van der Waals surface area contributed by atoms with Crippen molar-refractivity contribution in [1.29, 1.82) is 0 Å². The van der Waals surface area contributed by atoms with E-state index in [1.807, 2.05) is 17.8 Å². The molecule has 0 amide bonds. The third-order valence-electron chi connectivity index (χ3n) is 2.82. The predicted octanol–water partition coefficient (Wildman–Crippen LogP) is 1.37. The van der Waals surface area contributed by atoms with Gasteiger partial charge in [0.25, 0.3) is 0 Å². The zero-order valence-corrected chi connectivity index (χ0v) is 9.18. The van der Waals surface area contributed by atoms with E-state index in [1.165, 1.54) is 0 Å². The van der Waals surface area contributed by atoms with E-state index in [1.54, 1.807) is 0 Å². The lowest BCUT2D eigenvalue weighted by Gasteiger charge is -2.15. The molecule has 0 saturated carbocycles. The first-order valence-corrected chi connectivity index (χ1v) is 6.16. The molecule has 0 aromatic heterocycles. The first-order chi connectivity index (χ1) is 7.34. The minimum absolute atomic E-state index is 0.439. The van der Waals surface area contributed by atoms with Gasteiger partial charge in [-0.3, -0.25) is 4.99 Å². The summed E-state index contributed by atoms with van der Waals surface area (Å²) in [5, 5.41) is 4.54. The number of rotatable bonds is 1. The second-order valence-corrected chi connectivity index (χ2v) is 4.94. The average Bonchev–Trinajstić information content (AvgIpc) is 2.86. The number of thioether (sulfide) groups is 1. The molecule has 0 bridgehead atoms. The summed E-state index contributed by atoms with van der Waals surface area (Å²) >= 11 is 1.82. The molecular weight excluding hydrogens is 206 g/mol. The molecule has 78 valence electrons. The summed E-state index contributed by atoms with van der Waals surface area (Å²) in [5.41, 5.74) is 9.11. The van der Waals surface area contributed by atoms with Crippen molar-refractivity contribution in [2.24, 2.45) is 16.6 Å². The van der Waals surface area contributed by atoms with Crippen molar-refractivity contribution in [3.05, 3.63) is 35.3 Å². The van der Waals surface area contributed by atoms with Crippen LogP contribution in [-0.4, -0.2) is 17.3 Å². The van der Waals surface area contributed by atoms with Crippen molar-refractivity contribution in [3.63, 3.8) is 0 Å². The van der Waals surface area contributed by atoms with E-state index in [9.17, 15) is 0 Å². The highest BCUT2D eigenvalue weighted by Crippen LogP contribution is 2.32. The van der Waals surface area contributed by atoms with Crippen LogP contribution >= 0.6 is 11.8 Å². The molecule has 0 radical (unpaired) electrons. The van der Waals surface area contributed by atoms with E-state index < -0.39 is 0 Å². The zero-order valence-electron chi connectivity index (χ0n) is 8.36. The van der Waals surface area contributed by atoms with E-state index >= 15 is 0 Å². The Morgan fingerprint density at radius 1 is 1.53 bits per heavy atom. The van der Waals surface area contributed by atoms with Gasteiger partial charge < -0.3 is 11.1 Å². The molecule has 1 atom stereocenters. The molecule has 3 aliphatic rings. The van der Waals surface area contributed by atoms with Gasteiger partial charge in [0.2, 0.25) is 0 Å². The van der Waals surface area contributed by atoms with Gasteiger partial charge in [-0.25, -0.2) is 0 Å². The number of aliphatic imine (C=N–C) groups is 1. The number of nitrogens with zero attached hydrogens (tertiary/aromatic N) is 1. The third kappa shape index (κ3) is 1.49. The summed E-state index contributed by atoms with van der Waals surface area (Å²) in [6.07, 6.45) is 7.42. The average molecular weight is 219 g/mol. The summed E-state index contributed by atoms with van der Waals surface area (Å²) in [5.74, 6) is 1.54. The Morgan fingerprint density at radius 2 is 2.47 bits per heavy atom. The van der Waals surface area contributed by atoms with Crippen molar-refractivity contribution < 1.29 is 0 Å². The number of nitrogens with one attached hydrogen (secondary N) is 1. The Hall–Kier alpha value is -1.16. The molecule has 0 saturated heterocycles. The Balaban J connectivity index is 1.89. The van der Waals surface area contributed by atoms with Gasteiger partial charge in [-0.1, -0.05) is 6.08 Å². The minimum Gasteiger partial charge on any atom is -0.397 e. The Morgan fingerprint density at radius 3 is 3.20 bits per heavy atom. The van der Waals surface area contributed by atoms with Gasteiger partial charge in [0.15, 0.2) is 0 Å². The smallest absolute Gasteiger partial charge is 0.114 e. The lowest BCUT2D eigenvalue weighted by atomic mass is 9.97. The standard InChI is InChI=1S/C11H13N3S/c12-8-3-1-2-7-6-9(14-10(7)8)11-13-4-5-15-11/h1,3,6-7,14H,2,4-5,12H2. The molecule has 0 fully saturated rings. The van der Waals surface area contributed by atoms with Crippen LogP contribution in [0.1, 0.15) is 6.42 Å². The van der Waals surface area contributed by atoms with Gasteiger partial charge in [0.05, 0.1) is 11.4 Å². The van der Waals surface area contributed by atoms with E-state index in [4.69, 9.17) is 5.73 Å². The predicted molar refractivity (Wildman–Crippen MR) is 64.4 cm³/mol. The SMILES string of the molecule is NC1=C2NC(C3=NCCS3)=CC2CC=C1. The molecule has 15 heavy (non-hydrogen) atoms. The van der Waals surface area contributed by atoms with Gasteiger partial charge in [0.1, 0.15) is 5.04 Å². The summed E-state index contributed by atoms with van der Waals surface area (Å²) < 4.78 is 0. The molecule has 2 aliphatic heterocycles. The first kappa shape index (κ1) is 9.09. The van der Waals surface area contributed by atoms with Gasteiger partial charge in [-0.05, 0) is 18.6 Å². The van der Waals surface area contributed by atoms with Crippen LogP contribution in [0.4, 0.5) is 0 Å². The number of nitrogens with two attached hydrogens (primary N) is 1. The van der Waals surface area contributed by atoms with Crippen LogP contribution < -0.4 is 11.1 Å². The van der Waals surface area contributed by atoms with Crippen molar-refractivity contribution >= 4 is 16.8 Å². The summed E-state index contributed by atoms with van der Waals surface area (Å²) in [6, 6.07) is 0. The lowest BCUT2D eigenvalue weighted by molar-refractivity contribution is 0.739. The quantitative estimate of drug-likeness (QED) is 0.700. The molecule has 0 aromatic rings. The summed E-state index contributed by atoms with van der Waals surface area (Å²) in [6.45, 7) is 0.941. The van der Waals surface area contributed by atoms with Gasteiger partial charge in [-0.15, -0.1) is 11.8 Å². The summed E-state index contributed by atoms with van der Waals surface area (Å²) in [7, 11) is 0. The molecule has 3 rings (SSSR count). The monoisotopic (exact) mass is 219 g/mol. The molecule has 1 aliphatic carbocycles. The zero-order chi connectivity index (χ0) is 10.3. The molecule has 4 heteroatoms. The lowest BCUT2D eigenvalue weighted by Crippen LogP contribution is -2.19. The molecule has 3 N–H and O–H groups in total. The molecule has 0 spiro atoms. The maximum Gasteiger partial charge on any atom is 0.114 e. The molecule has 1 unspecified atom stereocenters. The van der Waals surface area contributed by atoms with E-state index in [2.05, 4.69) is 22.5 Å². The molecular formula is C11H13N3S. The largest absolute Gasteiger partial charge is 0.397 e. The topological polar surface area (TPSA) is 50.4 Å². The van der Waals surface area contributed by atoms with Crippen LogP contribution in [0, 0.1) is 5.92 Å². The molecule has 3 nitrogen and oxygen atoms in total. The fourth-order valence-electron chi connectivity index (χ4n) is 2.09. The van der Waals surface area contributed by atoms with Gasteiger partial charge in [-0.2, -0.15) is 0 Å². The van der Waals surface area contributed by atoms with Crippen molar-refractivity contribution in [1.82, 2.24) is 5.32 Å². The van der Waals surface area contributed by atoms with Crippen molar-refractivity contribution in [2.45, 2.75) is 6.42 Å². The highest BCUT2D eigenvalue weighted by atomic mass is 32.2. The highest BCUT2D eigenvalue weighted by Gasteiger charge is 2.27.